The highest BCUT2D eigenvalue weighted by Crippen LogP contribution is 2.34. The van der Waals surface area contributed by atoms with E-state index in [0.717, 1.165) is 37.9 Å². The van der Waals surface area contributed by atoms with E-state index in [-0.39, 0.29) is 29.8 Å². The summed E-state index contributed by atoms with van der Waals surface area (Å²) in [5.41, 5.74) is 3.49. The number of unbranched alkanes of at least 4 members (excludes halogenated alkanes) is 1. The average Bonchev–Trinajstić information content (AvgIpc) is 3.25. The van der Waals surface area contributed by atoms with Crippen molar-refractivity contribution in [3.8, 4) is 11.1 Å². The first-order valence-electron chi connectivity index (χ1n) is 13.1. The molecule has 1 aliphatic heterocycles. The van der Waals surface area contributed by atoms with E-state index < -0.39 is 0 Å². The Balaban J connectivity index is 1.37. The Morgan fingerprint density at radius 3 is 2.50 bits per heavy atom. The maximum absolute atomic E-state index is 13.1. The number of carbonyl (C=O) groups excluding carboxylic acids is 2. The van der Waals surface area contributed by atoms with Crippen LogP contribution in [0.3, 0.4) is 0 Å². The molecule has 0 unspecified atom stereocenters. The molecule has 1 amide bonds. The Morgan fingerprint density at radius 1 is 1.06 bits per heavy atom. The highest BCUT2D eigenvalue weighted by molar-refractivity contribution is 5.87. The summed E-state index contributed by atoms with van der Waals surface area (Å²) in [6.07, 6.45) is 7.68. The van der Waals surface area contributed by atoms with E-state index >= 15 is 0 Å². The minimum atomic E-state index is -0.116. The van der Waals surface area contributed by atoms with E-state index in [1.54, 1.807) is 7.05 Å². The molecule has 0 spiro atoms. The number of ether oxygens (including phenoxy) is 2. The molecule has 36 heavy (non-hydrogen) atoms. The highest BCUT2D eigenvalue weighted by Gasteiger charge is 2.45. The zero-order chi connectivity index (χ0) is 25.2. The van der Waals surface area contributed by atoms with Gasteiger partial charge in [0.15, 0.2) is 5.78 Å². The van der Waals surface area contributed by atoms with Crippen molar-refractivity contribution in [3.05, 3.63) is 72.3 Å². The van der Waals surface area contributed by atoms with Crippen LogP contribution < -0.4 is 5.32 Å². The maximum Gasteiger partial charge on any atom is 0.219 e. The zero-order valence-electron chi connectivity index (χ0n) is 21.2. The van der Waals surface area contributed by atoms with Gasteiger partial charge in [0.25, 0.3) is 0 Å². The summed E-state index contributed by atoms with van der Waals surface area (Å²) in [6, 6.07) is 18.7. The number of carbonyl (C=O) groups is 2. The molecule has 1 heterocycles. The molecule has 4 rings (SSSR count). The molecule has 1 aliphatic carbocycles. The predicted molar refractivity (Wildman–Crippen MR) is 141 cm³/mol. The Morgan fingerprint density at radius 2 is 1.78 bits per heavy atom. The minimum absolute atomic E-state index is 0.0717. The lowest BCUT2D eigenvalue weighted by molar-refractivity contribution is -0.124. The normalized spacial score (nSPS) is 22.8. The van der Waals surface area contributed by atoms with E-state index in [4.69, 9.17) is 9.47 Å². The summed E-state index contributed by atoms with van der Waals surface area (Å²) in [6.45, 7) is 3.41. The van der Waals surface area contributed by atoms with Crippen LogP contribution in [0.25, 0.3) is 11.1 Å². The van der Waals surface area contributed by atoms with Crippen LogP contribution in [0.15, 0.2) is 66.7 Å². The van der Waals surface area contributed by atoms with Crippen LogP contribution in [-0.2, 0) is 25.7 Å². The van der Waals surface area contributed by atoms with Crippen LogP contribution in [0.4, 0.5) is 0 Å². The van der Waals surface area contributed by atoms with Gasteiger partial charge < -0.3 is 14.8 Å². The van der Waals surface area contributed by atoms with Gasteiger partial charge in [-0.05, 0) is 36.0 Å². The lowest BCUT2D eigenvalue weighted by atomic mass is 9.95. The van der Waals surface area contributed by atoms with Crippen molar-refractivity contribution in [1.82, 2.24) is 10.2 Å². The standard InChI is InChI=1S/C30H38N2O4/c1-31-29(34)12-8-3-2-7-11-26-28(21-27(33)30(26)32-17-19-35-20-18-32)36-22-23-13-15-25(16-14-23)24-9-5-4-6-10-24/h2,4-7,9-10,13-16,26,28,30H,3,8,11-12,17-22H2,1H3,(H,31,34)/b7-2-/t26-,28-,30+/m0/s1. The number of rotatable bonds is 11. The summed E-state index contributed by atoms with van der Waals surface area (Å²) in [5.74, 6) is 0.469. The number of allylic oxidation sites excluding steroid dienone is 2. The summed E-state index contributed by atoms with van der Waals surface area (Å²) < 4.78 is 11.9. The molecule has 0 radical (unpaired) electrons. The fraction of sp³-hybridized carbons (Fsp3) is 0.467. The Hall–Kier alpha value is -2.80. The predicted octanol–water partition coefficient (Wildman–Crippen LogP) is 4.39. The SMILES string of the molecule is CNC(=O)CCC/C=C\C[C@H]1[C@@H](OCc2ccc(-c3ccccc3)cc2)CC(=O)[C@@H]1N1CCOCC1. The minimum Gasteiger partial charge on any atom is -0.379 e. The van der Waals surface area contributed by atoms with Gasteiger partial charge >= 0.3 is 0 Å². The lowest BCUT2D eigenvalue weighted by Gasteiger charge is -2.35. The smallest absolute Gasteiger partial charge is 0.219 e. The van der Waals surface area contributed by atoms with E-state index in [1.807, 2.05) is 18.2 Å². The first-order chi connectivity index (χ1) is 17.7. The van der Waals surface area contributed by atoms with Crippen molar-refractivity contribution >= 4 is 11.7 Å². The van der Waals surface area contributed by atoms with Crippen LogP contribution in [-0.4, -0.2) is 62.1 Å². The van der Waals surface area contributed by atoms with Gasteiger partial charge in [-0.25, -0.2) is 0 Å². The molecule has 0 bridgehead atoms. The number of morpholine rings is 1. The van der Waals surface area contributed by atoms with E-state index in [1.165, 1.54) is 11.1 Å². The van der Waals surface area contributed by atoms with Crippen molar-refractivity contribution in [1.29, 1.82) is 0 Å². The van der Waals surface area contributed by atoms with Gasteiger partial charge in [0.1, 0.15) is 0 Å². The summed E-state index contributed by atoms with van der Waals surface area (Å²) in [5, 5.41) is 2.66. The molecule has 6 heteroatoms. The van der Waals surface area contributed by atoms with Crippen molar-refractivity contribution in [3.63, 3.8) is 0 Å². The van der Waals surface area contributed by atoms with Gasteiger partial charge in [0, 0.05) is 38.9 Å². The molecule has 1 N–H and O–H groups in total. The number of ketones is 1. The van der Waals surface area contributed by atoms with Crippen LogP contribution in [0.2, 0.25) is 0 Å². The number of hydrogen-bond acceptors (Lipinski definition) is 5. The third-order valence-corrected chi connectivity index (χ3v) is 7.21. The van der Waals surface area contributed by atoms with Crippen LogP contribution in [0.1, 0.15) is 37.7 Å². The maximum atomic E-state index is 13.1. The monoisotopic (exact) mass is 490 g/mol. The quantitative estimate of drug-likeness (QED) is 0.374. The van der Waals surface area contributed by atoms with Crippen molar-refractivity contribution in [2.75, 3.05) is 33.4 Å². The second-order valence-corrected chi connectivity index (χ2v) is 9.61. The lowest BCUT2D eigenvalue weighted by Crippen LogP contribution is -2.49. The number of nitrogens with zero attached hydrogens (tertiary/aromatic N) is 1. The highest BCUT2D eigenvalue weighted by atomic mass is 16.5. The molecule has 2 aromatic rings. The number of nitrogens with one attached hydrogen (secondary N) is 1. The second-order valence-electron chi connectivity index (χ2n) is 9.61. The van der Waals surface area contributed by atoms with E-state index in [2.05, 4.69) is 58.8 Å². The summed E-state index contributed by atoms with van der Waals surface area (Å²) in [4.78, 5) is 26.8. The molecular formula is C30H38N2O4. The summed E-state index contributed by atoms with van der Waals surface area (Å²) in [7, 11) is 1.67. The average molecular weight is 491 g/mol. The van der Waals surface area contributed by atoms with Gasteiger partial charge in [-0.2, -0.15) is 0 Å². The zero-order valence-corrected chi connectivity index (χ0v) is 21.2. The molecule has 6 nitrogen and oxygen atoms in total. The largest absolute Gasteiger partial charge is 0.379 e. The Kier molecular flexibility index (Phi) is 9.84. The second kappa shape index (κ2) is 13.5. The van der Waals surface area contributed by atoms with Crippen molar-refractivity contribution < 1.29 is 19.1 Å². The topological polar surface area (TPSA) is 67.9 Å². The van der Waals surface area contributed by atoms with Crippen molar-refractivity contribution in [2.24, 2.45) is 5.92 Å². The van der Waals surface area contributed by atoms with Gasteiger partial charge in [0.2, 0.25) is 5.91 Å². The molecule has 1 saturated carbocycles. The molecule has 1 saturated heterocycles. The molecule has 192 valence electrons. The molecule has 3 atom stereocenters. The van der Waals surface area contributed by atoms with Gasteiger partial charge in [0.05, 0.1) is 32.0 Å². The Bertz CT molecular complexity index is 999. The Labute approximate surface area is 214 Å². The van der Waals surface area contributed by atoms with E-state index in [0.29, 0.717) is 32.7 Å². The number of Topliss-reactive ketones (excluding diaryl/α,β-unsaturated/α-hetero) is 1. The molecule has 2 fully saturated rings. The molecule has 2 aliphatic rings. The molecule has 2 aromatic carbocycles. The third kappa shape index (κ3) is 7.12. The number of amides is 1. The van der Waals surface area contributed by atoms with Crippen LogP contribution >= 0.6 is 0 Å². The van der Waals surface area contributed by atoms with Gasteiger partial charge in [-0.3, -0.25) is 14.5 Å². The fourth-order valence-corrected chi connectivity index (χ4v) is 5.21. The van der Waals surface area contributed by atoms with Gasteiger partial charge in [-0.1, -0.05) is 66.7 Å². The van der Waals surface area contributed by atoms with Crippen LogP contribution in [0, 0.1) is 5.92 Å². The van der Waals surface area contributed by atoms with Gasteiger partial charge in [-0.15, -0.1) is 0 Å². The first kappa shape index (κ1) is 26.3. The fourth-order valence-electron chi connectivity index (χ4n) is 5.21. The van der Waals surface area contributed by atoms with Crippen LogP contribution in [0.5, 0.6) is 0 Å². The molecular weight excluding hydrogens is 452 g/mol. The first-order valence-corrected chi connectivity index (χ1v) is 13.1. The van der Waals surface area contributed by atoms with Crippen molar-refractivity contribution in [2.45, 2.75) is 50.9 Å². The summed E-state index contributed by atoms with van der Waals surface area (Å²) >= 11 is 0. The number of benzene rings is 2. The molecule has 0 aromatic heterocycles. The van der Waals surface area contributed by atoms with E-state index in [9.17, 15) is 9.59 Å². The third-order valence-electron chi connectivity index (χ3n) is 7.21. The number of hydrogen-bond donors (Lipinski definition) is 1.